The van der Waals surface area contributed by atoms with Gasteiger partial charge < -0.3 is 15.7 Å². The van der Waals surface area contributed by atoms with Gasteiger partial charge in [0.25, 0.3) is 11.9 Å². The van der Waals surface area contributed by atoms with Gasteiger partial charge in [0.15, 0.2) is 0 Å². The third-order valence-electron chi connectivity index (χ3n) is 0. The van der Waals surface area contributed by atoms with Crippen LogP contribution < -0.4 is 0 Å². The van der Waals surface area contributed by atoms with Gasteiger partial charge in [-0.3, -0.25) is 9.59 Å². The number of carboxylic acids is 2. The number of hydrogen-bond acceptors (Lipinski definition) is 2. The van der Waals surface area contributed by atoms with Gasteiger partial charge in [-0.1, -0.05) is 0 Å². The van der Waals surface area contributed by atoms with E-state index >= 15 is 0 Å². The fourth-order valence-electron chi connectivity index (χ4n) is 0. The van der Waals surface area contributed by atoms with E-state index in [1.54, 1.807) is 0 Å². The molecule has 0 saturated heterocycles. The molecule has 1 radical (unpaired) electrons. The van der Waals surface area contributed by atoms with Crippen molar-refractivity contribution in [2.45, 2.75) is 13.8 Å². The summed E-state index contributed by atoms with van der Waals surface area (Å²) in [4.78, 5) is 18.0. The first-order chi connectivity index (χ1) is 3.46. The fourth-order valence-corrected chi connectivity index (χ4v) is 0. The predicted octanol–water partition coefficient (Wildman–Crippen LogP) is -0.645. The van der Waals surface area contributed by atoms with Crippen molar-refractivity contribution in [2.75, 3.05) is 0 Å². The Kier molecular flexibility index (Phi) is 35.9. The summed E-state index contributed by atoms with van der Waals surface area (Å²) >= 11 is 0. The van der Waals surface area contributed by atoms with Crippen LogP contribution in [0.5, 0.6) is 0 Å². The number of aliphatic carboxylic acids is 2. The summed E-state index contributed by atoms with van der Waals surface area (Å²) in [6.45, 7) is 2.17. The minimum atomic E-state index is -0.833. The number of carbonyl (C=O) groups is 2. The Morgan fingerprint density at radius 3 is 1.00 bits per heavy atom. The summed E-state index contributed by atoms with van der Waals surface area (Å²) < 4.78 is 0. The second-order valence-electron chi connectivity index (χ2n) is 1.04. The van der Waals surface area contributed by atoms with Crippen LogP contribution in [0.15, 0.2) is 0 Å². The summed E-state index contributed by atoms with van der Waals surface area (Å²) in [6.07, 6.45) is 0. The van der Waals surface area contributed by atoms with E-state index in [0.29, 0.717) is 0 Å². The molecule has 0 saturated carbocycles. The summed E-state index contributed by atoms with van der Waals surface area (Å²) in [6, 6.07) is 0. The van der Waals surface area contributed by atoms with E-state index in [4.69, 9.17) is 19.8 Å². The Balaban J connectivity index is -0.0000000300. The van der Waals surface area contributed by atoms with Crippen LogP contribution in [0.4, 0.5) is 0 Å². The van der Waals surface area contributed by atoms with Crippen LogP contribution in [0.2, 0.25) is 0 Å². The van der Waals surface area contributed by atoms with Crippen LogP contribution in [0.25, 0.3) is 0 Å². The quantitative estimate of drug-likeness (QED) is 0.508. The Hall–Kier alpha value is -0.581. The Morgan fingerprint density at radius 2 is 1.00 bits per heavy atom. The second kappa shape index (κ2) is 15.8. The molecule has 0 aliphatic carbocycles. The molecule has 67 valence electrons. The molecule has 10 heavy (non-hydrogen) atoms. The molecule has 0 atom stereocenters. The van der Waals surface area contributed by atoms with Gasteiger partial charge in [0.05, 0.1) is 0 Å². The molecule has 0 aromatic rings. The smallest absolute Gasteiger partial charge is 0.300 e. The minimum absolute atomic E-state index is 0. The van der Waals surface area contributed by atoms with E-state index in [-0.39, 0.29) is 22.5 Å². The Morgan fingerprint density at radius 1 is 1.00 bits per heavy atom. The topological polar surface area (TPSA) is 106 Å². The van der Waals surface area contributed by atoms with Gasteiger partial charge in [-0.15, -0.1) is 0 Å². The van der Waals surface area contributed by atoms with Crippen LogP contribution in [0.3, 0.4) is 0 Å². The molecule has 5 nitrogen and oxygen atoms in total. The van der Waals surface area contributed by atoms with Crippen LogP contribution in [-0.2, 0) is 26.7 Å². The van der Waals surface area contributed by atoms with E-state index in [0.717, 1.165) is 13.8 Å². The summed E-state index contributed by atoms with van der Waals surface area (Å²) in [7, 11) is 0. The monoisotopic (exact) mass is 201 g/mol. The van der Waals surface area contributed by atoms with Crippen molar-refractivity contribution in [3.63, 3.8) is 0 Å². The third-order valence-corrected chi connectivity index (χ3v) is 0. The molecule has 0 aromatic heterocycles. The van der Waals surface area contributed by atoms with Crippen molar-refractivity contribution in [3.8, 4) is 0 Å². The van der Waals surface area contributed by atoms with Crippen molar-refractivity contribution in [1.29, 1.82) is 0 Å². The first kappa shape index (κ1) is 22.7. The number of carboxylic acid groups (broad SMARTS) is 2. The van der Waals surface area contributed by atoms with E-state index in [1.165, 1.54) is 0 Å². The van der Waals surface area contributed by atoms with E-state index in [9.17, 15) is 0 Å². The zero-order valence-corrected chi connectivity index (χ0v) is 6.45. The average molecular weight is 202 g/mol. The Labute approximate surface area is 68.8 Å². The average Bonchev–Trinajstić information content (AvgIpc) is 1.25. The van der Waals surface area contributed by atoms with Crippen molar-refractivity contribution in [2.24, 2.45) is 0 Å². The maximum atomic E-state index is 9.00. The fraction of sp³-hybridized carbons (Fsp3) is 0.500. The molecule has 0 amide bonds. The van der Waals surface area contributed by atoms with Crippen molar-refractivity contribution >= 4 is 11.9 Å². The molecule has 0 unspecified atom stereocenters. The summed E-state index contributed by atoms with van der Waals surface area (Å²) in [5.41, 5.74) is 0. The Bertz CT molecular complexity index is 71.6. The largest absolute Gasteiger partial charge is 0.481 e. The van der Waals surface area contributed by atoms with Crippen LogP contribution >= 0.6 is 0 Å². The SMILES string of the molecule is CC(=O)O.CC(=O)O.O.[Cu]. The third kappa shape index (κ3) is 907. The van der Waals surface area contributed by atoms with E-state index in [2.05, 4.69) is 0 Å². The molecule has 0 aliphatic rings. The molecular formula is C4H10CuO5. The zero-order valence-electron chi connectivity index (χ0n) is 5.51. The molecule has 0 rings (SSSR count). The molecule has 0 aliphatic heterocycles. The van der Waals surface area contributed by atoms with Gasteiger partial charge in [-0.25, -0.2) is 0 Å². The van der Waals surface area contributed by atoms with Gasteiger partial charge >= 0.3 is 0 Å². The van der Waals surface area contributed by atoms with Crippen LogP contribution in [0.1, 0.15) is 13.8 Å². The second-order valence-corrected chi connectivity index (χ2v) is 1.04. The molecule has 0 aromatic carbocycles. The minimum Gasteiger partial charge on any atom is -0.481 e. The molecule has 6 heteroatoms. The van der Waals surface area contributed by atoms with Gasteiger partial charge in [0.1, 0.15) is 0 Å². The zero-order chi connectivity index (χ0) is 7.15. The van der Waals surface area contributed by atoms with Crippen molar-refractivity contribution in [3.05, 3.63) is 0 Å². The van der Waals surface area contributed by atoms with Crippen molar-refractivity contribution in [1.82, 2.24) is 0 Å². The van der Waals surface area contributed by atoms with Gasteiger partial charge in [0, 0.05) is 30.9 Å². The van der Waals surface area contributed by atoms with Gasteiger partial charge in [-0.05, 0) is 0 Å². The normalized spacial score (nSPS) is 5.00. The molecular weight excluding hydrogens is 192 g/mol. The predicted molar refractivity (Wildman–Crippen MR) is 30.2 cm³/mol. The molecule has 0 fully saturated rings. The molecule has 0 spiro atoms. The maximum absolute atomic E-state index is 9.00. The van der Waals surface area contributed by atoms with Crippen molar-refractivity contribution < 1.29 is 42.3 Å². The molecule has 0 bridgehead atoms. The first-order valence-electron chi connectivity index (χ1n) is 1.86. The maximum Gasteiger partial charge on any atom is 0.300 e. The first-order valence-corrected chi connectivity index (χ1v) is 1.86. The molecule has 4 N–H and O–H groups in total. The standard InChI is InChI=1S/2C2H4O2.Cu.H2O/c2*1-2(3)4;;/h2*1H3,(H,3,4);;1H2. The number of hydrogen-bond donors (Lipinski definition) is 2. The summed E-state index contributed by atoms with van der Waals surface area (Å²) in [5.74, 6) is -1.67. The van der Waals surface area contributed by atoms with Gasteiger partial charge in [0.2, 0.25) is 0 Å². The van der Waals surface area contributed by atoms with Gasteiger partial charge in [-0.2, -0.15) is 0 Å². The van der Waals surface area contributed by atoms with E-state index < -0.39 is 11.9 Å². The van der Waals surface area contributed by atoms with Crippen LogP contribution in [-0.4, -0.2) is 27.6 Å². The molecule has 0 heterocycles. The van der Waals surface area contributed by atoms with E-state index in [1.807, 2.05) is 0 Å². The van der Waals surface area contributed by atoms with Crippen LogP contribution in [0, 0.1) is 0 Å². The number of rotatable bonds is 0. The summed E-state index contributed by atoms with van der Waals surface area (Å²) in [5, 5.41) is 14.8.